The number of nitrogens with one attached hydrogen (secondary N) is 2. The molecule has 1 aliphatic heterocycles. The Kier molecular flexibility index (Phi) is 5.42. The number of anilines is 3. The van der Waals surface area contributed by atoms with Crippen LogP contribution < -0.4 is 15.5 Å². The molecule has 1 aromatic carbocycles. The van der Waals surface area contributed by atoms with Crippen molar-refractivity contribution in [1.82, 2.24) is 10.3 Å². The topological polar surface area (TPSA) is 66.5 Å². The predicted octanol–water partition coefficient (Wildman–Crippen LogP) is 3.19. The zero-order valence-corrected chi connectivity index (χ0v) is 15.6. The monoisotopic (exact) mass is 354 g/mol. The average molecular weight is 354 g/mol. The molecule has 0 radical (unpaired) electrons. The van der Waals surface area contributed by atoms with Crippen LogP contribution >= 0.6 is 0 Å². The molecule has 6 heteroatoms. The van der Waals surface area contributed by atoms with Crippen LogP contribution in [0.5, 0.6) is 0 Å². The summed E-state index contributed by atoms with van der Waals surface area (Å²) in [5, 5.41) is 6.30. The third-order valence-corrected chi connectivity index (χ3v) is 4.03. The van der Waals surface area contributed by atoms with Crippen molar-refractivity contribution in [3.63, 3.8) is 0 Å². The quantitative estimate of drug-likeness (QED) is 0.883. The van der Waals surface area contributed by atoms with E-state index in [1.807, 2.05) is 45.0 Å². The van der Waals surface area contributed by atoms with Crippen LogP contribution in [-0.4, -0.2) is 42.7 Å². The van der Waals surface area contributed by atoms with Crippen molar-refractivity contribution in [2.45, 2.75) is 26.3 Å². The van der Waals surface area contributed by atoms with E-state index in [1.54, 1.807) is 12.3 Å². The number of nitrogens with zero attached hydrogens (tertiary/aromatic N) is 2. The van der Waals surface area contributed by atoms with Gasteiger partial charge in [0.25, 0.3) is 5.91 Å². The van der Waals surface area contributed by atoms with E-state index in [2.05, 4.69) is 26.6 Å². The van der Waals surface area contributed by atoms with Gasteiger partial charge in [0.2, 0.25) is 0 Å². The second-order valence-electron chi connectivity index (χ2n) is 7.38. The first-order chi connectivity index (χ1) is 12.4. The molecule has 0 aliphatic carbocycles. The molecule has 0 spiro atoms. The fourth-order valence-corrected chi connectivity index (χ4v) is 2.81. The second kappa shape index (κ2) is 7.74. The Morgan fingerprint density at radius 1 is 1.12 bits per heavy atom. The molecule has 0 bridgehead atoms. The number of hydrogen-bond acceptors (Lipinski definition) is 5. The van der Waals surface area contributed by atoms with Gasteiger partial charge in [-0.15, -0.1) is 0 Å². The third-order valence-electron chi connectivity index (χ3n) is 4.03. The summed E-state index contributed by atoms with van der Waals surface area (Å²) in [4.78, 5) is 18.9. The first kappa shape index (κ1) is 18.2. The molecule has 1 saturated heterocycles. The minimum absolute atomic E-state index is 0.120. The summed E-state index contributed by atoms with van der Waals surface area (Å²) >= 11 is 0. The maximum atomic E-state index is 12.2. The maximum Gasteiger partial charge on any atom is 0.253 e. The molecule has 1 amide bonds. The van der Waals surface area contributed by atoms with Crippen molar-refractivity contribution in [2.75, 3.05) is 36.5 Å². The van der Waals surface area contributed by atoms with E-state index in [9.17, 15) is 4.79 Å². The first-order valence-corrected chi connectivity index (χ1v) is 8.90. The summed E-state index contributed by atoms with van der Waals surface area (Å²) in [5.41, 5.74) is 2.40. The molecular formula is C20H26N4O2. The number of para-hydroxylation sites is 2. The second-order valence-corrected chi connectivity index (χ2v) is 7.38. The summed E-state index contributed by atoms with van der Waals surface area (Å²) in [7, 11) is 0. The number of carbonyl (C=O) groups is 1. The summed E-state index contributed by atoms with van der Waals surface area (Å²) in [6.07, 6.45) is 1.60. The molecule has 26 heavy (non-hydrogen) atoms. The Morgan fingerprint density at radius 3 is 2.50 bits per heavy atom. The summed E-state index contributed by atoms with van der Waals surface area (Å²) < 4.78 is 5.44. The molecule has 1 aliphatic rings. The number of benzene rings is 1. The molecule has 2 aromatic rings. The zero-order valence-electron chi connectivity index (χ0n) is 15.6. The largest absolute Gasteiger partial charge is 0.378 e. The highest BCUT2D eigenvalue weighted by Crippen LogP contribution is 2.28. The van der Waals surface area contributed by atoms with E-state index in [4.69, 9.17) is 4.74 Å². The van der Waals surface area contributed by atoms with Crippen LogP contribution in [0.1, 0.15) is 31.1 Å². The van der Waals surface area contributed by atoms with Crippen LogP contribution in [0.2, 0.25) is 0 Å². The number of aromatic nitrogens is 1. The molecular weight excluding hydrogens is 328 g/mol. The van der Waals surface area contributed by atoms with Gasteiger partial charge in [-0.1, -0.05) is 12.1 Å². The minimum Gasteiger partial charge on any atom is -0.378 e. The highest BCUT2D eigenvalue weighted by atomic mass is 16.5. The highest BCUT2D eigenvalue weighted by molar-refractivity contribution is 5.94. The Labute approximate surface area is 154 Å². The molecule has 2 N–H and O–H groups in total. The molecule has 2 heterocycles. The van der Waals surface area contributed by atoms with Gasteiger partial charge in [0.05, 0.1) is 30.2 Å². The normalized spacial score (nSPS) is 14.8. The number of pyridine rings is 1. The smallest absolute Gasteiger partial charge is 0.253 e. The molecule has 1 aromatic heterocycles. The highest BCUT2D eigenvalue weighted by Gasteiger charge is 2.16. The standard InChI is InChI=1S/C20H26N4O2/c1-20(2,3)23-19(25)15-8-9-18(21-14-15)22-16-6-4-5-7-17(16)24-10-12-26-13-11-24/h4-9,14H,10-13H2,1-3H3,(H,21,22)(H,23,25). The third kappa shape index (κ3) is 4.73. The van der Waals surface area contributed by atoms with E-state index >= 15 is 0 Å². The lowest BCUT2D eigenvalue weighted by Crippen LogP contribution is -2.40. The molecule has 0 unspecified atom stereocenters. The van der Waals surface area contributed by atoms with Gasteiger partial charge in [0.15, 0.2) is 0 Å². The molecule has 138 valence electrons. The van der Waals surface area contributed by atoms with Crippen LogP contribution in [0.25, 0.3) is 0 Å². The van der Waals surface area contributed by atoms with Crippen LogP contribution in [0, 0.1) is 0 Å². The van der Waals surface area contributed by atoms with Crippen molar-refractivity contribution in [3.05, 3.63) is 48.2 Å². The lowest BCUT2D eigenvalue weighted by molar-refractivity contribution is 0.0919. The number of carbonyl (C=O) groups excluding carboxylic acids is 1. The molecule has 0 atom stereocenters. The fourth-order valence-electron chi connectivity index (χ4n) is 2.81. The summed E-state index contributed by atoms with van der Waals surface area (Å²) in [6, 6.07) is 11.8. The van der Waals surface area contributed by atoms with Gasteiger partial charge in [-0.05, 0) is 45.0 Å². The fraction of sp³-hybridized carbons (Fsp3) is 0.400. The Hall–Kier alpha value is -2.60. The Balaban J connectivity index is 1.73. The molecule has 1 fully saturated rings. The van der Waals surface area contributed by atoms with Crippen molar-refractivity contribution in [2.24, 2.45) is 0 Å². The van der Waals surface area contributed by atoms with Crippen LogP contribution in [0.3, 0.4) is 0 Å². The molecule has 6 nitrogen and oxygen atoms in total. The van der Waals surface area contributed by atoms with Gasteiger partial charge >= 0.3 is 0 Å². The van der Waals surface area contributed by atoms with Crippen molar-refractivity contribution < 1.29 is 9.53 Å². The number of morpholine rings is 1. The summed E-state index contributed by atoms with van der Waals surface area (Å²) in [6.45, 7) is 9.09. The Morgan fingerprint density at radius 2 is 1.85 bits per heavy atom. The van der Waals surface area contributed by atoms with Gasteiger partial charge < -0.3 is 20.3 Å². The van der Waals surface area contributed by atoms with E-state index in [1.165, 1.54) is 0 Å². The number of ether oxygens (including phenoxy) is 1. The van der Waals surface area contributed by atoms with Crippen LogP contribution in [-0.2, 0) is 4.74 Å². The maximum absolute atomic E-state index is 12.2. The number of rotatable bonds is 4. The lowest BCUT2D eigenvalue weighted by atomic mass is 10.1. The molecule has 0 saturated carbocycles. The summed E-state index contributed by atoms with van der Waals surface area (Å²) in [5.74, 6) is 0.586. The van der Waals surface area contributed by atoms with Gasteiger partial charge in [0, 0.05) is 24.8 Å². The average Bonchev–Trinajstić information content (AvgIpc) is 2.62. The Bertz CT molecular complexity index is 747. The predicted molar refractivity (Wildman–Crippen MR) is 104 cm³/mol. The first-order valence-electron chi connectivity index (χ1n) is 8.90. The van der Waals surface area contributed by atoms with Crippen LogP contribution in [0.4, 0.5) is 17.2 Å². The van der Waals surface area contributed by atoms with E-state index in [0.29, 0.717) is 11.4 Å². The SMILES string of the molecule is CC(C)(C)NC(=O)c1ccc(Nc2ccccc2N2CCOCC2)nc1. The van der Waals surface area contributed by atoms with Crippen molar-refractivity contribution >= 4 is 23.1 Å². The van der Waals surface area contributed by atoms with Gasteiger partial charge in [-0.2, -0.15) is 0 Å². The minimum atomic E-state index is -0.273. The number of amides is 1. The number of hydrogen-bond donors (Lipinski definition) is 2. The zero-order chi connectivity index (χ0) is 18.6. The lowest BCUT2D eigenvalue weighted by Gasteiger charge is -2.30. The van der Waals surface area contributed by atoms with Gasteiger partial charge in [-0.3, -0.25) is 4.79 Å². The molecule has 3 rings (SSSR count). The van der Waals surface area contributed by atoms with Gasteiger partial charge in [-0.25, -0.2) is 4.98 Å². The van der Waals surface area contributed by atoms with E-state index < -0.39 is 0 Å². The van der Waals surface area contributed by atoms with Crippen molar-refractivity contribution in [1.29, 1.82) is 0 Å². The van der Waals surface area contributed by atoms with Crippen LogP contribution in [0.15, 0.2) is 42.6 Å². The van der Waals surface area contributed by atoms with E-state index in [-0.39, 0.29) is 11.4 Å². The van der Waals surface area contributed by atoms with E-state index in [0.717, 1.165) is 37.7 Å². The van der Waals surface area contributed by atoms with Crippen molar-refractivity contribution in [3.8, 4) is 0 Å². The van der Waals surface area contributed by atoms with Gasteiger partial charge in [0.1, 0.15) is 5.82 Å².